The van der Waals surface area contributed by atoms with Crippen LogP contribution in [0.4, 0.5) is 15.8 Å². The van der Waals surface area contributed by atoms with E-state index in [1.807, 2.05) is 12.1 Å². The van der Waals surface area contributed by atoms with Gasteiger partial charge < -0.3 is 15.5 Å². The molecular weight excluding hydrogens is 391 g/mol. The van der Waals surface area contributed by atoms with Gasteiger partial charge >= 0.3 is 0 Å². The highest BCUT2D eigenvalue weighted by Crippen LogP contribution is 2.28. The quantitative estimate of drug-likeness (QED) is 0.470. The molecule has 30 heavy (non-hydrogen) atoms. The second-order valence-corrected chi connectivity index (χ2v) is 7.50. The largest absolute Gasteiger partial charge is 0.393 e. The van der Waals surface area contributed by atoms with Crippen LogP contribution in [-0.2, 0) is 0 Å². The van der Waals surface area contributed by atoms with Gasteiger partial charge in [-0.05, 0) is 29.7 Å². The molecule has 1 heterocycles. The second-order valence-electron chi connectivity index (χ2n) is 7.50. The molecule has 0 saturated carbocycles. The van der Waals surface area contributed by atoms with Crippen molar-refractivity contribution in [2.75, 3.05) is 31.9 Å². The molecule has 2 amide bonds. The summed E-state index contributed by atoms with van der Waals surface area (Å²) in [5, 5.41) is 11.0. The number of nitro benzene ring substituents is 1. The number of hydrogen-bond acceptors (Lipinski definition) is 5. The highest BCUT2D eigenvalue weighted by molar-refractivity contribution is 6.01. The molecule has 0 bridgehead atoms. The van der Waals surface area contributed by atoms with Gasteiger partial charge in [0.15, 0.2) is 0 Å². The third-order valence-corrected chi connectivity index (χ3v) is 5.23. The van der Waals surface area contributed by atoms with E-state index in [1.54, 1.807) is 17.0 Å². The van der Waals surface area contributed by atoms with Crippen molar-refractivity contribution in [1.82, 2.24) is 9.80 Å². The van der Waals surface area contributed by atoms with Crippen LogP contribution in [0.25, 0.3) is 0 Å². The molecular formula is C21H23FN4O4. The number of carbonyl (C=O) groups is 2. The summed E-state index contributed by atoms with van der Waals surface area (Å²) in [6, 6.07) is 9.03. The number of nitro groups is 1. The van der Waals surface area contributed by atoms with Crippen molar-refractivity contribution in [2.24, 2.45) is 0 Å². The lowest BCUT2D eigenvalue weighted by Gasteiger charge is -2.35. The van der Waals surface area contributed by atoms with E-state index in [0.717, 1.165) is 11.6 Å². The van der Waals surface area contributed by atoms with Crippen LogP contribution < -0.4 is 5.73 Å². The van der Waals surface area contributed by atoms with E-state index < -0.39 is 22.3 Å². The molecule has 8 nitrogen and oxygen atoms in total. The summed E-state index contributed by atoms with van der Waals surface area (Å²) in [5.74, 6) is -1.26. The van der Waals surface area contributed by atoms with E-state index in [2.05, 4.69) is 13.8 Å². The number of carbonyl (C=O) groups excluding carboxylic acids is 2. The predicted molar refractivity (Wildman–Crippen MR) is 110 cm³/mol. The summed E-state index contributed by atoms with van der Waals surface area (Å²) < 4.78 is 13.7. The highest BCUT2D eigenvalue weighted by Gasteiger charge is 2.29. The van der Waals surface area contributed by atoms with Crippen LogP contribution in [0.15, 0.2) is 36.4 Å². The molecule has 1 saturated heterocycles. The van der Waals surface area contributed by atoms with Crippen molar-refractivity contribution in [3.63, 3.8) is 0 Å². The number of piperazine rings is 1. The van der Waals surface area contributed by atoms with E-state index in [-0.39, 0.29) is 30.2 Å². The van der Waals surface area contributed by atoms with E-state index in [4.69, 9.17) is 5.73 Å². The number of nitrogens with zero attached hydrogens (tertiary/aromatic N) is 3. The smallest absolute Gasteiger partial charge is 0.295 e. The molecule has 1 fully saturated rings. The van der Waals surface area contributed by atoms with Crippen molar-refractivity contribution in [1.29, 1.82) is 0 Å². The average molecular weight is 414 g/mol. The molecule has 0 aliphatic carbocycles. The van der Waals surface area contributed by atoms with E-state index in [0.29, 0.717) is 30.6 Å². The van der Waals surface area contributed by atoms with Crippen molar-refractivity contribution >= 4 is 23.2 Å². The van der Waals surface area contributed by atoms with Crippen LogP contribution in [0.3, 0.4) is 0 Å². The molecule has 2 aromatic carbocycles. The number of halogens is 1. The van der Waals surface area contributed by atoms with Gasteiger partial charge in [0.1, 0.15) is 11.5 Å². The van der Waals surface area contributed by atoms with E-state index in [1.165, 1.54) is 4.90 Å². The van der Waals surface area contributed by atoms with Gasteiger partial charge in [0.2, 0.25) is 0 Å². The Morgan fingerprint density at radius 2 is 1.57 bits per heavy atom. The number of hydrogen-bond donors (Lipinski definition) is 1. The van der Waals surface area contributed by atoms with Crippen LogP contribution in [0, 0.1) is 15.9 Å². The summed E-state index contributed by atoms with van der Waals surface area (Å²) in [6.45, 7) is 5.19. The molecule has 3 rings (SSSR count). The SMILES string of the molecule is CC(C)c1ccc(C(=O)N2CCN(C(=O)c3cc(F)cc([N+](=O)[O-])c3N)CC2)cc1. The van der Waals surface area contributed by atoms with Gasteiger partial charge in [0.25, 0.3) is 17.5 Å². The van der Waals surface area contributed by atoms with Gasteiger partial charge in [-0.1, -0.05) is 26.0 Å². The number of nitrogens with two attached hydrogens (primary N) is 1. The molecule has 1 aliphatic heterocycles. The third-order valence-electron chi connectivity index (χ3n) is 5.23. The minimum absolute atomic E-state index is 0.127. The zero-order valence-corrected chi connectivity index (χ0v) is 16.8. The fourth-order valence-corrected chi connectivity index (χ4v) is 3.41. The summed E-state index contributed by atoms with van der Waals surface area (Å²) >= 11 is 0. The first-order chi connectivity index (χ1) is 14.2. The van der Waals surface area contributed by atoms with Gasteiger partial charge in [-0.3, -0.25) is 19.7 Å². The fraction of sp³-hybridized carbons (Fsp3) is 0.333. The normalized spacial score (nSPS) is 14.1. The molecule has 0 aromatic heterocycles. The zero-order chi connectivity index (χ0) is 22.0. The Hall–Kier alpha value is -3.49. The standard InChI is InChI=1S/C21H23FN4O4/c1-13(2)14-3-5-15(6-4-14)20(27)24-7-9-25(10-8-24)21(28)17-11-16(22)12-18(19(17)23)26(29)30/h3-6,11-13H,7-10,23H2,1-2H3. The lowest BCUT2D eigenvalue weighted by Crippen LogP contribution is -2.50. The molecule has 0 unspecified atom stereocenters. The summed E-state index contributed by atoms with van der Waals surface area (Å²) in [7, 11) is 0. The monoisotopic (exact) mass is 414 g/mol. The maximum atomic E-state index is 13.7. The average Bonchev–Trinajstić information content (AvgIpc) is 2.74. The van der Waals surface area contributed by atoms with Crippen LogP contribution in [0.5, 0.6) is 0 Å². The Morgan fingerprint density at radius 3 is 2.07 bits per heavy atom. The zero-order valence-electron chi connectivity index (χ0n) is 16.8. The third kappa shape index (κ3) is 4.24. The number of benzene rings is 2. The number of nitrogen functional groups attached to an aromatic ring is 1. The first-order valence-electron chi connectivity index (χ1n) is 9.61. The van der Waals surface area contributed by atoms with Crippen LogP contribution in [-0.4, -0.2) is 52.7 Å². The summed E-state index contributed by atoms with van der Waals surface area (Å²) in [6.07, 6.45) is 0. The van der Waals surface area contributed by atoms with Gasteiger partial charge in [-0.25, -0.2) is 4.39 Å². The Morgan fingerprint density at radius 1 is 1.03 bits per heavy atom. The topological polar surface area (TPSA) is 110 Å². The van der Waals surface area contributed by atoms with Gasteiger partial charge in [-0.15, -0.1) is 0 Å². The molecule has 2 N–H and O–H groups in total. The lowest BCUT2D eigenvalue weighted by atomic mass is 10.0. The van der Waals surface area contributed by atoms with Crippen molar-refractivity contribution in [3.05, 3.63) is 69.0 Å². The molecule has 0 spiro atoms. The second kappa shape index (κ2) is 8.48. The fourth-order valence-electron chi connectivity index (χ4n) is 3.41. The van der Waals surface area contributed by atoms with Gasteiger partial charge in [0, 0.05) is 31.7 Å². The van der Waals surface area contributed by atoms with Crippen LogP contribution >= 0.6 is 0 Å². The maximum absolute atomic E-state index is 13.7. The first kappa shape index (κ1) is 21.2. The predicted octanol–water partition coefficient (Wildman–Crippen LogP) is 3.04. The van der Waals surface area contributed by atoms with Crippen LogP contribution in [0.1, 0.15) is 46.0 Å². The van der Waals surface area contributed by atoms with Crippen molar-refractivity contribution in [2.45, 2.75) is 19.8 Å². The Labute approximate surface area is 173 Å². The van der Waals surface area contributed by atoms with Crippen LogP contribution in [0.2, 0.25) is 0 Å². The van der Waals surface area contributed by atoms with Crippen molar-refractivity contribution < 1.29 is 18.9 Å². The van der Waals surface area contributed by atoms with Gasteiger partial charge in [-0.2, -0.15) is 0 Å². The Balaban J connectivity index is 1.69. The van der Waals surface area contributed by atoms with E-state index in [9.17, 15) is 24.1 Å². The highest BCUT2D eigenvalue weighted by atomic mass is 19.1. The van der Waals surface area contributed by atoms with Gasteiger partial charge in [0.05, 0.1) is 16.6 Å². The minimum Gasteiger partial charge on any atom is -0.393 e. The van der Waals surface area contributed by atoms with Crippen molar-refractivity contribution in [3.8, 4) is 0 Å². The molecule has 158 valence electrons. The molecule has 1 aliphatic rings. The molecule has 2 aromatic rings. The Bertz CT molecular complexity index is 983. The molecule has 0 atom stereocenters. The molecule has 9 heteroatoms. The number of amides is 2. The minimum atomic E-state index is -0.905. The lowest BCUT2D eigenvalue weighted by molar-refractivity contribution is -0.384. The number of anilines is 1. The summed E-state index contributed by atoms with van der Waals surface area (Å²) in [5.41, 5.74) is 6.19. The first-order valence-corrected chi connectivity index (χ1v) is 9.61. The van der Waals surface area contributed by atoms with E-state index >= 15 is 0 Å². The molecule has 0 radical (unpaired) electrons. The summed E-state index contributed by atoms with van der Waals surface area (Å²) in [4.78, 5) is 38.7. The number of rotatable bonds is 4. The Kier molecular flexibility index (Phi) is 6.00. The maximum Gasteiger partial charge on any atom is 0.295 e.